The van der Waals surface area contributed by atoms with E-state index in [2.05, 4.69) is 14.8 Å². The van der Waals surface area contributed by atoms with Crippen molar-refractivity contribution >= 4 is 23.8 Å². The summed E-state index contributed by atoms with van der Waals surface area (Å²) in [6.45, 7) is 0. The molecule has 0 aliphatic rings. The highest BCUT2D eigenvalue weighted by Gasteiger charge is 2.26. The van der Waals surface area contributed by atoms with E-state index in [1.54, 1.807) is 0 Å². The van der Waals surface area contributed by atoms with E-state index >= 15 is 0 Å². The number of nitrogens with two attached hydrogens (primary N) is 1. The lowest BCUT2D eigenvalue weighted by Gasteiger charge is -2.18. The molecule has 1 amide bonds. The van der Waals surface area contributed by atoms with Crippen LogP contribution in [0.5, 0.6) is 0 Å². The van der Waals surface area contributed by atoms with E-state index in [1.807, 2.05) is 0 Å². The van der Waals surface area contributed by atoms with E-state index in [1.165, 1.54) is 7.11 Å². The highest BCUT2D eigenvalue weighted by atomic mass is 16.5. The van der Waals surface area contributed by atoms with E-state index in [0.717, 1.165) is 7.11 Å². The second-order valence-corrected chi connectivity index (χ2v) is 3.90. The molecule has 0 spiro atoms. The van der Waals surface area contributed by atoms with Gasteiger partial charge in [-0.05, 0) is 6.42 Å². The maximum absolute atomic E-state index is 11.6. The molecule has 114 valence electrons. The number of aliphatic carboxylic acids is 1. The van der Waals surface area contributed by atoms with E-state index in [-0.39, 0.29) is 12.8 Å². The first-order chi connectivity index (χ1) is 9.31. The summed E-state index contributed by atoms with van der Waals surface area (Å²) in [6, 6.07) is -2.38. The minimum absolute atomic E-state index is 0.0368. The maximum atomic E-state index is 11.6. The van der Waals surface area contributed by atoms with Crippen molar-refractivity contribution in [2.24, 2.45) is 5.73 Å². The Morgan fingerprint density at radius 2 is 1.80 bits per heavy atom. The molecule has 0 aromatic rings. The molecule has 0 aromatic heterocycles. The Labute approximate surface area is 115 Å². The first kappa shape index (κ1) is 17.8. The highest BCUT2D eigenvalue weighted by Crippen LogP contribution is 2.02. The van der Waals surface area contributed by atoms with Crippen molar-refractivity contribution in [2.45, 2.75) is 31.3 Å². The molecule has 0 radical (unpaired) electrons. The van der Waals surface area contributed by atoms with Crippen LogP contribution in [-0.2, 0) is 28.7 Å². The fraction of sp³-hybridized carbons (Fsp3) is 0.636. The summed E-state index contributed by atoms with van der Waals surface area (Å²) in [4.78, 5) is 44.5. The van der Waals surface area contributed by atoms with Gasteiger partial charge in [-0.2, -0.15) is 0 Å². The van der Waals surface area contributed by atoms with Crippen LogP contribution < -0.4 is 11.1 Å². The molecule has 9 heteroatoms. The number of nitrogens with one attached hydrogen (secondary N) is 1. The zero-order chi connectivity index (χ0) is 15.7. The molecule has 0 aromatic carbocycles. The van der Waals surface area contributed by atoms with E-state index in [9.17, 15) is 19.2 Å². The smallest absolute Gasteiger partial charge is 0.328 e. The number of carboxylic acid groups (broad SMARTS) is 1. The molecular formula is C11H18N2O7. The van der Waals surface area contributed by atoms with Gasteiger partial charge in [-0.3, -0.25) is 14.4 Å². The number of methoxy groups -OCH3 is 2. The molecule has 0 saturated heterocycles. The van der Waals surface area contributed by atoms with Gasteiger partial charge in [0, 0.05) is 6.42 Å². The van der Waals surface area contributed by atoms with Crippen LogP contribution in [0.25, 0.3) is 0 Å². The zero-order valence-electron chi connectivity index (χ0n) is 11.3. The van der Waals surface area contributed by atoms with Gasteiger partial charge in [-0.25, -0.2) is 4.79 Å². The van der Waals surface area contributed by atoms with Crippen molar-refractivity contribution in [3.8, 4) is 0 Å². The summed E-state index contributed by atoms with van der Waals surface area (Å²) in [5, 5.41) is 10.8. The van der Waals surface area contributed by atoms with E-state index < -0.39 is 42.3 Å². The lowest BCUT2D eigenvalue weighted by atomic mass is 10.1. The number of amides is 1. The van der Waals surface area contributed by atoms with Crippen molar-refractivity contribution in [2.75, 3.05) is 14.2 Å². The van der Waals surface area contributed by atoms with Crippen molar-refractivity contribution in [1.82, 2.24) is 5.32 Å². The molecule has 20 heavy (non-hydrogen) atoms. The fourth-order valence-corrected chi connectivity index (χ4v) is 1.32. The Morgan fingerprint density at radius 1 is 1.20 bits per heavy atom. The largest absolute Gasteiger partial charge is 0.481 e. The van der Waals surface area contributed by atoms with Crippen LogP contribution in [0.4, 0.5) is 0 Å². The molecule has 2 atom stereocenters. The van der Waals surface area contributed by atoms with Gasteiger partial charge < -0.3 is 25.6 Å². The summed E-state index contributed by atoms with van der Waals surface area (Å²) < 4.78 is 8.89. The topological polar surface area (TPSA) is 145 Å². The van der Waals surface area contributed by atoms with Gasteiger partial charge in [0.1, 0.15) is 6.04 Å². The van der Waals surface area contributed by atoms with E-state index in [0.29, 0.717) is 0 Å². The number of carboxylic acids is 1. The first-order valence-electron chi connectivity index (χ1n) is 5.74. The number of hydrogen-bond donors (Lipinski definition) is 3. The van der Waals surface area contributed by atoms with Crippen molar-refractivity contribution in [3.05, 3.63) is 0 Å². The lowest BCUT2D eigenvalue weighted by Crippen LogP contribution is -2.49. The SMILES string of the molecule is COC(=O)CC[C@H](NC(=O)[C@@H](N)CC(=O)O)C(=O)OC. The molecule has 0 aliphatic carbocycles. The quantitative estimate of drug-likeness (QED) is 0.453. The minimum atomic E-state index is -1.29. The monoisotopic (exact) mass is 290 g/mol. The average Bonchev–Trinajstić information content (AvgIpc) is 2.40. The predicted molar refractivity (Wildman–Crippen MR) is 65.4 cm³/mol. The Hall–Kier alpha value is -2.16. The predicted octanol–water partition coefficient (Wildman–Crippen LogP) is -1.60. The summed E-state index contributed by atoms with van der Waals surface area (Å²) in [5.41, 5.74) is 5.35. The van der Waals surface area contributed by atoms with Gasteiger partial charge in [-0.1, -0.05) is 0 Å². The van der Waals surface area contributed by atoms with Crippen LogP contribution >= 0.6 is 0 Å². The molecule has 0 bridgehead atoms. The third-order valence-corrected chi connectivity index (χ3v) is 2.40. The normalized spacial score (nSPS) is 12.9. The van der Waals surface area contributed by atoms with Crippen LogP contribution in [0.1, 0.15) is 19.3 Å². The summed E-state index contributed by atoms with van der Waals surface area (Å²) in [5.74, 6) is -3.36. The van der Waals surface area contributed by atoms with Crippen molar-refractivity contribution in [1.29, 1.82) is 0 Å². The third kappa shape index (κ3) is 6.69. The van der Waals surface area contributed by atoms with Crippen LogP contribution in [0, 0.1) is 0 Å². The second kappa shape index (κ2) is 8.86. The van der Waals surface area contributed by atoms with Crippen LogP contribution in [-0.4, -0.2) is 55.2 Å². The molecule has 0 aliphatic heterocycles. The number of esters is 2. The number of rotatable bonds is 8. The first-order valence-corrected chi connectivity index (χ1v) is 5.74. The number of hydrogen-bond acceptors (Lipinski definition) is 7. The lowest BCUT2D eigenvalue weighted by molar-refractivity contribution is -0.146. The van der Waals surface area contributed by atoms with Crippen LogP contribution in [0.2, 0.25) is 0 Å². The Morgan fingerprint density at radius 3 is 2.25 bits per heavy atom. The summed E-state index contributed by atoms with van der Waals surface area (Å²) in [6.07, 6.45) is -0.716. The van der Waals surface area contributed by atoms with Gasteiger partial charge >= 0.3 is 17.9 Å². The van der Waals surface area contributed by atoms with Gasteiger partial charge in [0.2, 0.25) is 5.91 Å². The molecule has 4 N–H and O–H groups in total. The third-order valence-electron chi connectivity index (χ3n) is 2.40. The van der Waals surface area contributed by atoms with Gasteiger partial charge in [0.05, 0.1) is 26.7 Å². The van der Waals surface area contributed by atoms with Gasteiger partial charge in [0.25, 0.3) is 0 Å². The summed E-state index contributed by atoms with van der Waals surface area (Å²) in [7, 11) is 2.31. The molecule has 9 nitrogen and oxygen atoms in total. The average molecular weight is 290 g/mol. The summed E-state index contributed by atoms with van der Waals surface area (Å²) >= 11 is 0. The minimum Gasteiger partial charge on any atom is -0.481 e. The van der Waals surface area contributed by atoms with E-state index in [4.69, 9.17) is 10.8 Å². The van der Waals surface area contributed by atoms with Crippen molar-refractivity contribution < 1.29 is 33.8 Å². The fourth-order valence-electron chi connectivity index (χ4n) is 1.32. The molecule has 0 unspecified atom stereocenters. The van der Waals surface area contributed by atoms with Gasteiger partial charge in [-0.15, -0.1) is 0 Å². The second-order valence-electron chi connectivity index (χ2n) is 3.90. The van der Waals surface area contributed by atoms with Gasteiger partial charge in [0.15, 0.2) is 0 Å². The molecule has 0 rings (SSSR count). The standard InChI is InChI=1S/C11H18N2O7/c1-19-9(16)4-3-7(11(18)20-2)13-10(17)6(12)5-8(14)15/h6-7H,3-5,12H2,1-2H3,(H,13,17)(H,14,15)/t6-,7-/m0/s1. The highest BCUT2D eigenvalue weighted by molar-refractivity contribution is 5.90. The van der Waals surface area contributed by atoms with Crippen LogP contribution in [0.15, 0.2) is 0 Å². The number of ether oxygens (including phenoxy) is 2. The molecular weight excluding hydrogens is 272 g/mol. The number of carbonyl (C=O) groups is 4. The zero-order valence-corrected chi connectivity index (χ0v) is 11.3. The molecule has 0 fully saturated rings. The Kier molecular flexibility index (Phi) is 7.90. The van der Waals surface area contributed by atoms with Crippen molar-refractivity contribution in [3.63, 3.8) is 0 Å². The number of carbonyl (C=O) groups excluding carboxylic acids is 3. The van der Waals surface area contributed by atoms with Crippen LogP contribution in [0.3, 0.4) is 0 Å². The Balaban J connectivity index is 4.56. The maximum Gasteiger partial charge on any atom is 0.328 e. The molecule has 0 heterocycles. The molecule has 0 saturated carbocycles. The Bertz CT molecular complexity index is 383.